The number of hydrogen-bond acceptors (Lipinski definition) is 6. The van der Waals surface area contributed by atoms with Gasteiger partial charge in [0.05, 0.1) is 0 Å². The van der Waals surface area contributed by atoms with E-state index in [1.54, 1.807) is 0 Å². The highest BCUT2D eigenvalue weighted by Crippen LogP contribution is 2.15. The highest BCUT2D eigenvalue weighted by atomic mass is 16.6. The molecule has 6 heteroatoms. The van der Waals surface area contributed by atoms with Crippen LogP contribution in [0.25, 0.3) is 0 Å². The molecule has 0 N–H and O–H groups in total. The zero-order valence-corrected chi connectivity index (χ0v) is 37.6. The molecule has 0 fully saturated rings. The van der Waals surface area contributed by atoms with Gasteiger partial charge in [0.2, 0.25) is 0 Å². The molecule has 0 rings (SSSR count). The fourth-order valence-electron chi connectivity index (χ4n) is 6.73. The number of rotatable bonds is 43. The second-order valence-electron chi connectivity index (χ2n) is 16.0. The van der Waals surface area contributed by atoms with Crippen molar-refractivity contribution >= 4 is 17.9 Å². The van der Waals surface area contributed by atoms with Crippen LogP contribution in [-0.2, 0) is 28.6 Å². The third-order valence-electron chi connectivity index (χ3n) is 10.3. The number of carbonyl (C=O) groups is 3. The van der Waals surface area contributed by atoms with Crippen LogP contribution in [0.1, 0.15) is 239 Å². The maximum Gasteiger partial charge on any atom is 0.306 e. The first-order chi connectivity index (χ1) is 28.0. The fraction of sp³-hybridized carbons (Fsp3) is 0.784. The summed E-state index contributed by atoms with van der Waals surface area (Å²) in [7, 11) is 0. The molecular weight excluding hydrogens is 709 g/mol. The van der Waals surface area contributed by atoms with Crippen molar-refractivity contribution < 1.29 is 28.6 Å². The molecule has 0 bridgehead atoms. The normalized spacial score (nSPS) is 12.4. The molecule has 0 saturated heterocycles. The summed E-state index contributed by atoms with van der Waals surface area (Å²) in [6, 6.07) is 0. The molecule has 0 spiro atoms. The third kappa shape index (κ3) is 44.3. The number of carbonyl (C=O) groups excluding carboxylic acids is 3. The lowest BCUT2D eigenvalue weighted by Crippen LogP contribution is -2.30. The van der Waals surface area contributed by atoms with Crippen LogP contribution in [0.4, 0.5) is 0 Å². The number of hydrogen-bond donors (Lipinski definition) is 0. The quantitative estimate of drug-likeness (QED) is 0.0265. The van der Waals surface area contributed by atoms with Crippen molar-refractivity contribution in [1.29, 1.82) is 0 Å². The van der Waals surface area contributed by atoms with Gasteiger partial charge >= 0.3 is 17.9 Å². The van der Waals surface area contributed by atoms with E-state index in [4.69, 9.17) is 14.2 Å². The summed E-state index contributed by atoms with van der Waals surface area (Å²) in [5.74, 6) is -0.885. The van der Waals surface area contributed by atoms with Crippen LogP contribution in [0.3, 0.4) is 0 Å². The molecule has 330 valence electrons. The van der Waals surface area contributed by atoms with Crippen LogP contribution in [0.15, 0.2) is 48.6 Å². The minimum absolute atomic E-state index is 0.0724. The van der Waals surface area contributed by atoms with Crippen LogP contribution in [0.2, 0.25) is 0 Å². The predicted octanol–water partition coefficient (Wildman–Crippen LogP) is 15.5. The minimum Gasteiger partial charge on any atom is -0.462 e. The SMILES string of the molecule is CC/C=C\C/C=C\C/C=C\C/C=C\CCCCCCCCCCCCC(=O)OCC(COC(=O)CCCCCCCC)OC(=O)CCCCCCCCCCCC. The van der Waals surface area contributed by atoms with Gasteiger partial charge in [0.1, 0.15) is 13.2 Å². The summed E-state index contributed by atoms with van der Waals surface area (Å²) >= 11 is 0. The molecular formula is C51H90O6. The largest absolute Gasteiger partial charge is 0.462 e. The Morgan fingerprint density at radius 1 is 0.368 bits per heavy atom. The molecule has 0 saturated carbocycles. The van der Waals surface area contributed by atoms with Gasteiger partial charge < -0.3 is 14.2 Å². The summed E-state index contributed by atoms with van der Waals surface area (Å²) < 4.78 is 16.6. The van der Waals surface area contributed by atoms with Gasteiger partial charge in [0.25, 0.3) is 0 Å². The van der Waals surface area contributed by atoms with Crippen molar-refractivity contribution in [3.63, 3.8) is 0 Å². The number of allylic oxidation sites excluding steroid dienone is 8. The van der Waals surface area contributed by atoms with E-state index in [1.807, 2.05) is 0 Å². The van der Waals surface area contributed by atoms with E-state index >= 15 is 0 Å². The Balaban J connectivity index is 4.12. The van der Waals surface area contributed by atoms with Gasteiger partial charge in [0, 0.05) is 19.3 Å². The Kier molecular flexibility index (Phi) is 43.9. The Morgan fingerprint density at radius 3 is 1.07 bits per heavy atom. The van der Waals surface area contributed by atoms with Gasteiger partial charge in [-0.2, -0.15) is 0 Å². The Labute approximate surface area is 352 Å². The van der Waals surface area contributed by atoms with Gasteiger partial charge in [-0.25, -0.2) is 0 Å². The summed E-state index contributed by atoms with van der Waals surface area (Å²) in [6.45, 7) is 6.45. The summed E-state index contributed by atoms with van der Waals surface area (Å²) in [4.78, 5) is 37.6. The second kappa shape index (κ2) is 46.1. The molecule has 0 aromatic rings. The Bertz CT molecular complexity index is 1010. The van der Waals surface area contributed by atoms with Crippen molar-refractivity contribution in [2.24, 2.45) is 0 Å². The first kappa shape index (κ1) is 54.4. The van der Waals surface area contributed by atoms with E-state index in [0.717, 1.165) is 83.5 Å². The Hall–Kier alpha value is -2.63. The molecule has 0 aromatic carbocycles. The highest BCUT2D eigenvalue weighted by molar-refractivity contribution is 5.71. The minimum atomic E-state index is -0.766. The first-order valence-corrected chi connectivity index (χ1v) is 24.1. The van der Waals surface area contributed by atoms with Crippen LogP contribution in [0.5, 0.6) is 0 Å². The van der Waals surface area contributed by atoms with Gasteiger partial charge in [-0.05, 0) is 57.8 Å². The van der Waals surface area contributed by atoms with Crippen LogP contribution < -0.4 is 0 Å². The summed E-state index contributed by atoms with van der Waals surface area (Å²) in [5, 5.41) is 0. The standard InChI is InChI=1S/C51H90O6/c1-4-7-10-13-16-18-20-21-22-23-24-25-26-27-28-29-30-31-32-34-35-38-41-44-50(53)56-47-48(46-55-49(52)43-40-37-15-12-9-6-3)57-51(54)45-42-39-36-33-19-17-14-11-8-5-2/h7,10,16,18,21-22,24-25,48H,4-6,8-9,11-15,17,19-20,23,26-47H2,1-3H3/b10-7-,18-16-,22-21-,25-24-. The zero-order chi connectivity index (χ0) is 41.5. The molecule has 0 heterocycles. The average molecular weight is 799 g/mol. The smallest absolute Gasteiger partial charge is 0.306 e. The molecule has 0 aliphatic carbocycles. The third-order valence-corrected chi connectivity index (χ3v) is 10.3. The zero-order valence-electron chi connectivity index (χ0n) is 37.6. The van der Waals surface area contributed by atoms with E-state index in [2.05, 4.69) is 69.4 Å². The molecule has 0 radical (unpaired) electrons. The predicted molar refractivity (Wildman–Crippen MR) is 242 cm³/mol. The van der Waals surface area contributed by atoms with Gasteiger partial charge in [-0.1, -0.05) is 211 Å². The van der Waals surface area contributed by atoms with Crippen LogP contribution in [-0.4, -0.2) is 37.2 Å². The monoisotopic (exact) mass is 799 g/mol. The second-order valence-corrected chi connectivity index (χ2v) is 16.0. The fourth-order valence-corrected chi connectivity index (χ4v) is 6.73. The summed E-state index contributed by atoms with van der Waals surface area (Å²) in [6.07, 6.45) is 54.1. The number of ether oxygens (including phenoxy) is 3. The number of esters is 3. The van der Waals surface area contributed by atoms with Crippen LogP contribution >= 0.6 is 0 Å². The molecule has 57 heavy (non-hydrogen) atoms. The molecule has 1 unspecified atom stereocenters. The lowest BCUT2D eigenvalue weighted by molar-refractivity contribution is -0.167. The first-order valence-electron chi connectivity index (χ1n) is 24.1. The van der Waals surface area contributed by atoms with Gasteiger partial charge in [-0.3, -0.25) is 14.4 Å². The van der Waals surface area contributed by atoms with Crippen molar-refractivity contribution in [1.82, 2.24) is 0 Å². The maximum absolute atomic E-state index is 12.7. The molecule has 0 aromatic heterocycles. The topological polar surface area (TPSA) is 78.9 Å². The maximum atomic E-state index is 12.7. The van der Waals surface area contributed by atoms with E-state index in [1.165, 1.54) is 116 Å². The van der Waals surface area contributed by atoms with E-state index in [0.29, 0.717) is 19.3 Å². The molecule has 1 atom stereocenters. The van der Waals surface area contributed by atoms with Crippen molar-refractivity contribution in [2.75, 3.05) is 13.2 Å². The van der Waals surface area contributed by atoms with E-state index in [-0.39, 0.29) is 31.1 Å². The molecule has 0 aliphatic heterocycles. The van der Waals surface area contributed by atoms with Crippen LogP contribution in [0, 0.1) is 0 Å². The van der Waals surface area contributed by atoms with Crippen molar-refractivity contribution in [3.8, 4) is 0 Å². The lowest BCUT2D eigenvalue weighted by Gasteiger charge is -2.18. The van der Waals surface area contributed by atoms with E-state index < -0.39 is 6.10 Å². The molecule has 6 nitrogen and oxygen atoms in total. The summed E-state index contributed by atoms with van der Waals surface area (Å²) in [5.41, 5.74) is 0. The van der Waals surface area contributed by atoms with Gasteiger partial charge in [-0.15, -0.1) is 0 Å². The average Bonchev–Trinajstić information content (AvgIpc) is 3.21. The van der Waals surface area contributed by atoms with Crippen molar-refractivity contribution in [2.45, 2.75) is 245 Å². The molecule has 0 amide bonds. The highest BCUT2D eigenvalue weighted by Gasteiger charge is 2.19. The van der Waals surface area contributed by atoms with Crippen molar-refractivity contribution in [3.05, 3.63) is 48.6 Å². The van der Waals surface area contributed by atoms with E-state index in [9.17, 15) is 14.4 Å². The molecule has 0 aliphatic rings. The number of unbranched alkanes of at least 4 members (excludes halogenated alkanes) is 24. The Morgan fingerprint density at radius 2 is 0.684 bits per heavy atom. The lowest BCUT2D eigenvalue weighted by atomic mass is 10.1. The van der Waals surface area contributed by atoms with Gasteiger partial charge in [0.15, 0.2) is 6.10 Å².